The van der Waals surface area contributed by atoms with E-state index < -0.39 is 0 Å². The molecule has 0 aliphatic heterocycles. The predicted molar refractivity (Wildman–Crippen MR) is 74.0 cm³/mol. The Morgan fingerprint density at radius 3 is 2.56 bits per heavy atom. The lowest BCUT2D eigenvalue weighted by Gasteiger charge is -2.13. The minimum atomic E-state index is 0.0481. The largest absolute Gasteiger partial charge is 0.496 e. The fourth-order valence-electron chi connectivity index (χ4n) is 2.02. The molecule has 1 rings (SSSR count). The fraction of sp³-hybridized carbons (Fsp3) is 0.533. The number of hydrogen-bond donors (Lipinski definition) is 1. The summed E-state index contributed by atoms with van der Waals surface area (Å²) in [5.74, 6) is 1.34. The SMILES string of the molecule is COc1c(C)cc(C)cc1CC(=O)NCC(C)C. The minimum Gasteiger partial charge on any atom is -0.496 e. The van der Waals surface area contributed by atoms with Gasteiger partial charge in [0.2, 0.25) is 5.91 Å². The molecule has 0 radical (unpaired) electrons. The summed E-state index contributed by atoms with van der Waals surface area (Å²) >= 11 is 0. The second-order valence-electron chi connectivity index (χ2n) is 5.15. The molecule has 0 saturated heterocycles. The summed E-state index contributed by atoms with van der Waals surface area (Å²) in [7, 11) is 1.65. The molecular weight excluding hydrogens is 226 g/mol. The van der Waals surface area contributed by atoms with Crippen LogP contribution < -0.4 is 10.1 Å². The lowest BCUT2D eigenvalue weighted by atomic mass is 10.0. The normalized spacial score (nSPS) is 10.6. The van der Waals surface area contributed by atoms with Gasteiger partial charge in [-0.3, -0.25) is 4.79 Å². The van der Waals surface area contributed by atoms with Crippen LogP contribution >= 0.6 is 0 Å². The van der Waals surface area contributed by atoms with E-state index in [4.69, 9.17) is 4.74 Å². The molecule has 18 heavy (non-hydrogen) atoms. The summed E-state index contributed by atoms with van der Waals surface area (Å²) in [5.41, 5.74) is 3.18. The monoisotopic (exact) mass is 249 g/mol. The van der Waals surface area contributed by atoms with E-state index in [2.05, 4.69) is 25.2 Å². The van der Waals surface area contributed by atoms with Gasteiger partial charge in [-0.15, -0.1) is 0 Å². The highest BCUT2D eigenvalue weighted by Crippen LogP contribution is 2.25. The van der Waals surface area contributed by atoms with Gasteiger partial charge in [-0.1, -0.05) is 31.5 Å². The lowest BCUT2D eigenvalue weighted by molar-refractivity contribution is -0.120. The number of hydrogen-bond acceptors (Lipinski definition) is 2. The van der Waals surface area contributed by atoms with Crippen LogP contribution in [-0.4, -0.2) is 19.6 Å². The van der Waals surface area contributed by atoms with E-state index in [9.17, 15) is 4.79 Å². The maximum absolute atomic E-state index is 11.8. The molecular formula is C15H23NO2. The molecule has 0 saturated carbocycles. The van der Waals surface area contributed by atoms with Crippen LogP contribution in [0, 0.1) is 19.8 Å². The standard InChI is InChI=1S/C15H23NO2/c1-10(2)9-16-14(17)8-13-7-11(3)6-12(4)15(13)18-5/h6-7,10H,8-9H2,1-5H3,(H,16,17). The molecule has 1 amide bonds. The predicted octanol–water partition coefficient (Wildman–Crippen LogP) is 2.63. The Labute approximate surface area is 110 Å². The highest BCUT2D eigenvalue weighted by atomic mass is 16.5. The molecule has 0 aliphatic rings. The highest BCUT2D eigenvalue weighted by Gasteiger charge is 2.11. The smallest absolute Gasteiger partial charge is 0.224 e. The van der Waals surface area contributed by atoms with Crippen LogP contribution in [0.4, 0.5) is 0 Å². The van der Waals surface area contributed by atoms with Crippen molar-refractivity contribution in [3.63, 3.8) is 0 Å². The first-order valence-electron chi connectivity index (χ1n) is 6.34. The maximum atomic E-state index is 11.8. The van der Waals surface area contributed by atoms with Gasteiger partial charge >= 0.3 is 0 Å². The molecule has 1 N–H and O–H groups in total. The van der Waals surface area contributed by atoms with Gasteiger partial charge in [0.05, 0.1) is 13.5 Å². The van der Waals surface area contributed by atoms with Gasteiger partial charge < -0.3 is 10.1 Å². The summed E-state index contributed by atoms with van der Waals surface area (Å²) in [6.45, 7) is 8.91. The van der Waals surface area contributed by atoms with Gasteiger partial charge in [-0.2, -0.15) is 0 Å². The molecule has 1 aromatic carbocycles. The summed E-state index contributed by atoms with van der Waals surface area (Å²) < 4.78 is 5.38. The van der Waals surface area contributed by atoms with E-state index in [1.54, 1.807) is 7.11 Å². The number of methoxy groups -OCH3 is 1. The zero-order valence-electron chi connectivity index (χ0n) is 12.0. The number of carbonyl (C=O) groups excluding carboxylic acids is 1. The molecule has 0 aliphatic carbocycles. The third-order valence-electron chi connectivity index (χ3n) is 2.76. The van der Waals surface area contributed by atoms with Crippen molar-refractivity contribution in [2.24, 2.45) is 5.92 Å². The highest BCUT2D eigenvalue weighted by molar-refractivity contribution is 5.79. The molecule has 0 atom stereocenters. The average molecular weight is 249 g/mol. The maximum Gasteiger partial charge on any atom is 0.224 e. The van der Waals surface area contributed by atoms with Crippen LogP contribution in [0.15, 0.2) is 12.1 Å². The number of rotatable bonds is 5. The summed E-state index contributed by atoms with van der Waals surface area (Å²) in [6, 6.07) is 4.08. The topological polar surface area (TPSA) is 38.3 Å². The first-order chi connectivity index (χ1) is 8.43. The lowest BCUT2D eigenvalue weighted by Crippen LogP contribution is -2.28. The van der Waals surface area contributed by atoms with Crippen molar-refractivity contribution in [3.8, 4) is 5.75 Å². The van der Waals surface area contributed by atoms with Crippen molar-refractivity contribution in [1.82, 2.24) is 5.32 Å². The van der Waals surface area contributed by atoms with Crippen molar-refractivity contribution in [2.75, 3.05) is 13.7 Å². The van der Waals surface area contributed by atoms with Gasteiger partial charge in [0.25, 0.3) is 0 Å². The van der Waals surface area contributed by atoms with Crippen molar-refractivity contribution in [3.05, 3.63) is 28.8 Å². The molecule has 0 aromatic heterocycles. The van der Waals surface area contributed by atoms with Crippen molar-refractivity contribution in [2.45, 2.75) is 34.1 Å². The number of aryl methyl sites for hydroxylation is 2. The van der Waals surface area contributed by atoms with Crippen LogP contribution in [0.3, 0.4) is 0 Å². The number of amides is 1. The van der Waals surface area contributed by atoms with E-state index in [1.807, 2.05) is 19.9 Å². The number of nitrogens with one attached hydrogen (secondary N) is 1. The Bertz CT molecular complexity index is 425. The molecule has 3 heteroatoms. The van der Waals surface area contributed by atoms with Gasteiger partial charge in [-0.25, -0.2) is 0 Å². The van der Waals surface area contributed by atoms with Crippen molar-refractivity contribution >= 4 is 5.91 Å². The molecule has 0 heterocycles. The van der Waals surface area contributed by atoms with Crippen LogP contribution in [-0.2, 0) is 11.2 Å². The first-order valence-corrected chi connectivity index (χ1v) is 6.34. The van der Waals surface area contributed by atoms with E-state index in [-0.39, 0.29) is 5.91 Å². The van der Waals surface area contributed by atoms with Gasteiger partial charge in [0.1, 0.15) is 5.75 Å². The number of carbonyl (C=O) groups is 1. The van der Waals surface area contributed by atoms with E-state index in [0.29, 0.717) is 18.9 Å². The summed E-state index contributed by atoms with van der Waals surface area (Å²) in [5, 5.41) is 2.93. The van der Waals surface area contributed by atoms with Crippen LogP contribution in [0.25, 0.3) is 0 Å². The second kappa shape index (κ2) is 6.43. The second-order valence-corrected chi connectivity index (χ2v) is 5.15. The zero-order valence-corrected chi connectivity index (χ0v) is 12.0. The zero-order chi connectivity index (χ0) is 13.7. The fourth-order valence-corrected chi connectivity index (χ4v) is 2.02. The van der Waals surface area contributed by atoms with Crippen molar-refractivity contribution in [1.29, 1.82) is 0 Å². The number of benzene rings is 1. The Hall–Kier alpha value is -1.51. The van der Waals surface area contributed by atoms with Crippen LogP contribution in [0.5, 0.6) is 5.75 Å². The number of ether oxygens (including phenoxy) is 1. The minimum absolute atomic E-state index is 0.0481. The molecule has 0 spiro atoms. The third kappa shape index (κ3) is 4.06. The third-order valence-corrected chi connectivity index (χ3v) is 2.76. The Balaban J connectivity index is 2.80. The quantitative estimate of drug-likeness (QED) is 0.871. The summed E-state index contributed by atoms with van der Waals surface area (Å²) in [6.07, 6.45) is 0.373. The molecule has 1 aromatic rings. The Morgan fingerprint density at radius 2 is 2.00 bits per heavy atom. The van der Waals surface area contributed by atoms with Gasteiger partial charge in [-0.05, 0) is 25.3 Å². The van der Waals surface area contributed by atoms with Gasteiger partial charge in [0.15, 0.2) is 0 Å². The molecule has 3 nitrogen and oxygen atoms in total. The van der Waals surface area contributed by atoms with Crippen LogP contribution in [0.1, 0.15) is 30.5 Å². The molecule has 0 unspecified atom stereocenters. The Morgan fingerprint density at radius 1 is 1.33 bits per heavy atom. The molecule has 0 fully saturated rings. The van der Waals surface area contributed by atoms with E-state index in [1.165, 1.54) is 0 Å². The molecule has 100 valence electrons. The first kappa shape index (κ1) is 14.6. The summed E-state index contributed by atoms with van der Waals surface area (Å²) in [4.78, 5) is 11.8. The van der Waals surface area contributed by atoms with Gasteiger partial charge in [0, 0.05) is 12.1 Å². The van der Waals surface area contributed by atoms with E-state index in [0.717, 1.165) is 22.4 Å². The van der Waals surface area contributed by atoms with E-state index >= 15 is 0 Å². The average Bonchev–Trinajstić information content (AvgIpc) is 2.26. The Kier molecular flexibility index (Phi) is 5.20. The molecule has 0 bridgehead atoms. The van der Waals surface area contributed by atoms with Crippen molar-refractivity contribution < 1.29 is 9.53 Å². The van der Waals surface area contributed by atoms with Crippen LogP contribution in [0.2, 0.25) is 0 Å².